The number of amides is 2. The number of nitrogens with zero attached hydrogens (tertiary/aromatic N) is 2. The lowest BCUT2D eigenvalue weighted by Gasteiger charge is -2.32. The first-order valence-corrected chi connectivity index (χ1v) is 13.4. The van der Waals surface area contributed by atoms with E-state index >= 15 is 0 Å². The fourth-order valence-corrected chi connectivity index (χ4v) is 4.46. The Morgan fingerprint density at radius 3 is 2.24 bits per heavy atom. The van der Waals surface area contributed by atoms with Crippen molar-refractivity contribution in [1.82, 2.24) is 10.2 Å². The molecule has 2 aromatic carbocycles. The number of halogens is 1. The minimum atomic E-state index is -3.74. The van der Waals surface area contributed by atoms with Gasteiger partial charge in [-0.2, -0.15) is 0 Å². The lowest BCUT2D eigenvalue weighted by atomic mass is 10.1. The van der Waals surface area contributed by atoms with Crippen molar-refractivity contribution >= 4 is 43.5 Å². The van der Waals surface area contributed by atoms with Gasteiger partial charge < -0.3 is 10.2 Å². The third kappa shape index (κ3) is 7.85. The van der Waals surface area contributed by atoms with Gasteiger partial charge in [-0.3, -0.25) is 13.9 Å². The van der Waals surface area contributed by atoms with Crippen LogP contribution in [0.1, 0.15) is 31.9 Å². The van der Waals surface area contributed by atoms with Crippen LogP contribution >= 0.6 is 15.9 Å². The third-order valence-electron chi connectivity index (χ3n) is 5.19. The van der Waals surface area contributed by atoms with Gasteiger partial charge in [-0.25, -0.2) is 8.42 Å². The van der Waals surface area contributed by atoms with Crippen LogP contribution in [0.3, 0.4) is 0 Å². The number of carbonyl (C=O) groups excluding carboxylic acids is 2. The van der Waals surface area contributed by atoms with Crippen LogP contribution in [-0.4, -0.2) is 56.6 Å². The number of anilines is 1. The monoisotopic (exact) mass is 537 g/mol. The van der Waals surface area contributed by atoms with E-state index in [1.807, 2.05) is 51.1 Å². The van der Waals surface area contributed by atoms with E-state index in [4.69, 9.17) is 0 Å². The van der Waals surface area contributed by atoms with Crippen molar-refractivity contribution in [2.75, 3.05) is 23.7 Å². The summed E-state index contributed by atoms with van der Waals surface area (Å²) in [5.41, 5.74) is 2.27. The Morgan fingerprint density at radius 1 is 1.06 bits per heavy atom. The van der Waals surface area contributed by atoms with Crippen LogP contribution in [0.5, 0.6) is 0 Å². The highest BCUT2D eigenvalue weighted by Gasteiger charge is 2.30. The fourth-order valence-electron chi connectivity index (χ4n) is 3.37. The molecule has 0 radical (unpaired) electrons. The lowest BCUT2D eigenvalue weighted by molar-refractivity contribution is -0.139. The summed E-state index contributed by atoms with van der Waals surface area (Å²) in [6.45, 7) is 7.10. The zero-order chi connectivity index (χ0) is 24.8. The van der Waals surface area contributed by atoms with E-state index in [1.54, 1.807) is 25.1 Å². The van der Waals surface area contributed by atoms with Crippen molar-refractivity contribution in [2.45, 2.75) is 46.2 Å². The molecule has 2 aromatic rings. The second kappa shape index (κ2) is 11.7. The van der Waals surface area contributed by atoms with Crippen LogP contribution in [0.25, 0.3) is 0 Å². The molecule has 180 valence electrons. The highest BCUT2D eigenvalue weighted by atomic mass is 79.9. The molecule has 0 aliphatic carbocycles. The largest absolute Gasteiger partial charge is 0.352 e. The predicted octanol–water partition coefficient (Wildman–Crippen LogP) is 3.51. The number of hydrogen-bond donors (Lipinski definition) is 1. The van der Waals surface area contributed by atoms with E-state index in [-0.39, 0.29) is 18.5 Å². The Balaban J connectivity index is 2.33. The molecular weight excluding hydrogens is 506 g/mol. The van der Waals surface area contributed by atoms with Crippen LogP contribution in [0.4, 0.5) is 5.69 Å². The summed E-state index contributed by atoms with van der Waals surface area (Å²) in [6.07, 6.45) is 1.61. The van der Waals surface area contributed by atoms with Gasteiger partial charge in [-0.05, 0) is 63.4 Å². The quantitative estimate of drug-likeness (QED) is 0.502. The maximum Gasteiger partial charge on any atom is 0.244 e. The molecular formula is C24H32BrN3O4S. The summed E-state index contributed by atoms with van der Waals surface area (Å²) in [7, 11) is -3.74. The summed E-state index contributed by atoms with van der Waals surface area (Å²) in [5.74, 6) is -0.722. The molecule has 0 saturated heterocycles. The van der Waals surface area contributed by atoms with Crippen LogP contribution < -0.4 is 9.62 Å². The molecule has 1 atom stereocenters. The Kier molecular flexibility index (Phi) is 9.48. The molecule has 0 bridgehead atoms. The Labute approximate surface area is 205 Å². The van der Waals surface area contributed by atoms with Gasteiger partial charge in [0, 0.05) is 17.1 Å². The van der Waals surface area contributed by atoms with Crippen LogP contribution in [0, 0.1) is 6.92 Å². The molecule has 0 aliphatic heterocycles. The number of carbonyl (C=O) groups is 2. The first-order chi connectivity index (χ1) is 15.4. The van der Waals surface area contributed by atoms with E-state index in [2.05, 4.69) is 21.2 Å². The van der Waals surface area contributed by atoms with Crippen molar-refractivity contribution in [3.8, 4) is 0 Å². The molecule has 0 saturated carbocycles. The van der Waals surface area contributed by atoms with Gasteiger partial charge in [0.1, 0.15) is 12.6 Å². The summed E-state index contributed by atoms with van der Waals surface area (Å²) in [6, 6.07) is 13.9. The number of sulfonamides is 1. The standard InChI is InChI=1S/C24H32BrN3O4S/c1-17(2)26-24(30)19(4)27(14-13-20-9-7-6-8-10-20)23(29)16-28(33(5,31)32)21-11-12-22(25)18(3)15-21/h6-12,15,17,19H,13-14,16H2,1-5H3,(H,26,30)/t19-/m0/s1. The Hall–Kier alpha value is -2.39. The van der Waals surface area contributed by atoms with E-state index in [1.165, 1.54) is 4.90 Å². The first kappa shape index (κ1) is 26.9. The molecule has 0 heterocycles. The molecule has 2 rings (SSSR count). The average Bonchev–Trinajstić information content (AvgIpc) is 2.73. The van der Waals surface area contributed by atoms with Crippen LogP contribution in [-0.2, 0) is 26.0 Å². The van der Waals surface area contributed by atoms with Gasteiger partial charge in [-0.15, -0.1) is 0 Å². The summed E-state index contributed by atoms with van der Waals surface area (Å²) < 4.78 is 27.1. The number of rotatable bonds is 10. The maximum atomic E-state index is 13.4. The normalized spacial score (nSPS) is 12.3. The van der Waals surface area contributed by atoms with Crippen molar-refractivity contribution in [3.05, 3.63) is 64.1 Å². The van der Waals surface area contributed by atoms with Crippen molar-refractivity contribution < 1.29 is 18.0 Å². The molecule has 1 N–H and O–H groups in total. The average molecular weight is 539 g/mol. The van der Waals surface area contributed by atoms with Gasteiger partial charge in [0.2, 0.25) is 21.8 Å². The smallest absolute Gasteiger partial charge is 0.244 e. The molecule has 7 nitrogen and oxygen atoms in total. The number of nitrogens with one attached hydrogen (secondary N) is 1. The van der Waals surface area contributed by atoms with Crippen molar-refractivity contribution in [1.29, 1.82) is 0 Å². The van der Waals surface area contributed by atoms with Gasteiger partial charge in [0.15, 0.2) is 0 Å². The lowest BCUT2D eigenvalue weighted by Crippen LogP contribution is -2.53. The molecule has 0 spiro atoms. The highest BCUT2D eigenvalue weighted by Crippen LogP contribution is 2.25. The molecule has 0 unspecified atom stereocenters. The number of benzene rings is 2. The van der Waals surface area contributed by atoms with Gasteiger partial charge >= 0.3 is 0 Å². The zero-order valence-electron chi connectivity index (χ0n) is 19.7. The zero-order valence-corrected chi connectivity index (χ0v) is 22.1. The minimum Gasteiger partial charge on any atom is -0.352 e. The first-order valence-electron chi connectivity index (χ1n) is 10.8. The fraction of sp³-hybridized carbons (Fsp3) is 0.417. The molecule has 2 amide bonds. The molecule has 0 aromatic heterocycles. The summed E-state index contributed by atoms with van der Waals surface area (Å²) >= 11 is 3.41. The van der Waals surface area contributed by atoms with Gasteiger partial charge in [0.25, 0.3) is 0 Å². The van der Waals surface area contributed by atoms with E-state index in [0.717, 1.165) is 26.2 Å². The van der Waals surface area contributed by atoms with E-state index < -0.39 is 28.5 Å². The highest BCUT2D eigenvalue weighted by molar-refractivity contribution is 9.10. The third-order valence-corrected chi connectivity index (χ3v) is 7.22. The van der Waals surface area contributed by atoms with Crippen LogP contribution in [0.2, 0.25) is 0 Å². The van der Waals surface area contributed by atoms with Gasteiger partial charge in [0.05, 0.1) is 11.9 Å². The Bertz CT molecular complexity index is 1070. The SMILES string of the molecule is Cc1cc(N(CC(=O)N(CCc2ccccc2)[C@@H](C)C(=O)NC(C)C)S(C)(=O)=O)ccc1Br. The summed E-state index contributed by atoms with van der Waals surface area (Å²) in [4.78, 5) is 27.6. The minimum absolute atomic E-state index is 0.0794. The molecule has 0 fully saturated rings. The second-order valence-electron chi connectivity index (χ2n) is 8.37. The predicted molar refractivity (Wildman–Crippen MR) is 136 cm³/mol. The summed E-state index contributed by atoms with van der Waals surface area (Å²) in [5, 5.41) is 2.84. The molecule has 33 heavy (non-hydrogen) atoms. The van der Waals surface area contributed by atoms with Gasteiger partial charge in [-0.1, -0.05) is 46.3 Å². The number of hydrogen-bond acceptors (Lipinski definition) is 4. The topological polar surface area (TPSA) is 86.8 Å². The van der Waals surface area contributed by atoms with E-state index in [9.17, 15) is 18.0 Å². The van der Waals surface area contributed by atoms with Crippen LogP contribution in [0.15, 0.2) is 53.0 Å². The Morgan fingerprint density at radius 2 is 1.70 bits per heavy atom. The second-order valence-corrected chi connectivity index (χ2v) is 11.1. The van der Waals surface area contributed by atoms with E-state index in [0.29, 0.717) is 12.1 Å². The number of aryl methyl sites for hydroxylation is 1. The maximum absolute atomic E-state index is 13.4. The van der Waals surface area contributed by atoms with Crippen molar-refractivity contribution in [2.24, 2.45) is 0 Å². The van der Waals surface area contributed by atoms with Crippen molar-refractivity contribution in [3.63, 3.8) is 0 Å². The molecule has 0 aliphatic rings. The molecule has 9 heteroatoms.